The number of pyridine rings is 1. The minimum absolute atomic E-state index is 0. The fourth-order valence-corrected chi connectivity index (χ4v) is 3.06. The first-order valence-electron chi connectivity index (χ1n) is 8.56. The molecule has 0 fully saturated rings. The molecule has 0 saturated heterocycles. The smallest absolute Gasteiger partial charge is 0.147 e. The van der Waals surface area contributed by atoms with Gasteiger partial charge in [0.25, 0.3) is 0 Å². The van der Waals surface area contributed by atoms with E-state index < -0.39 is 0 Å². The normalized spacial score (nSPS) is 10.4. The zero-order valence-electron chi connectivity index (χ0n) is 15.5. The van der Waals surface area contributed by atoms with Gasteiger partial charge in [-0.05, 0) is 32.4 Å². The molecule has 26 heavy (non-hydrogen) atoms. The van der Waals surface area contributed by atoms with E-state index in [0.29, 0.717) is 13.2 Å². The summed E-state index contributed by atoms with van der Waals surface area (Å²) in [5.74, 6) is 1.69. The van der Waals surface area contributed by atoms with Crippen molar-refractivity contribution in [3.05, 3.63) is 66.0 Å². The Morgan fingerprint density at radius 1 is 1.12 bits per heavy atom. The number of halogens is 1. The number of benzene rings is 1. The van der Waals surface area contributed by atoms with Crippen LogP contribution in [0, 0.1) is 13.8 Å². The Morgan fingerprint density at radius 3 is 2.62 bits per heavy atom. The topological polar surface area (TPSA) is 36.3 Å². The number of aromatic nitrogens is 2. The number of allylic oxidation sites excluding steroid dienone is 1. The molecule has 1 aromatic carbocycles. The first kappa shape index (κ1) is 19.9. The molecular formula is C21H25ClN2O2. The third kappa shape index (κ3) is 3.70. The first-order valence-corrected chi connectivity index (χ1v) is 8.56. The van der Waals surface area contributed by atoms with Crippen LogP contribution in [0.2, 0.25) is 0 Å². The summed E-state index contributed by atoms with van der Waals surface area (Å²) in [6, 6.07) is 9.89. The van der Waals surface area contributed by atoms with Crippen LogP contribution in [-0.2, 0) is 13.2 Å². The van der Waals surface area contributed by atoms with E-state index in [1.807, 2.05) is 43.3 Å². The molecule has 0 amide bonds. The Bertz CT molecular complexity index is 902. The van der Waals surface area contributed by atoms with Crippen LogP contribution in [0.5, 0.6) is 11.5 Å². The molecule has 138 valence electrons. The van der Waals surface area contributed by atoms with Gasteiger partial charge in [0.1, 0.15) is 23.6 Å². The first-order chi connectivity index (χ1) is 12.2. The Balaban J connectivity index is 0.00000243. The van der Waals surface area contributed by atoms with E-state index >= 15 is 0 Å². The highest BCUT2D eigenvalue weighted by atomic mass is 35.5. The van der Waals surface area contributed by atoms with Crippen molar-refractivity contribution in [1.29, 1.82) is 0 Å². The van der Waals surface area contributed by atoms with Gasteiger partial charge >= 0.3 is 0 Å². The number of para-hydroxylation sites is 1. The minimum Gasteiger partial charge on any atom is -0.493 e. The van der Waals surface area contributed by atoms with Gasteiger partial charge in [-0.3, -0.25) is 4.98 Å². The lowest BCUT2D eigenvalue weighted by Crippen LogP contribution is -2.03. The highest BCUT2D eigenvalue weighted by molar-refractivity contribution is 5.86. The van der Waals surface area contributed by atoms with Crippen LogP contribution in [0.15, 0.2) is 49.2 Å². The molecule has 0 aliphatic carbocycles. The molecule has 4 nitrogen and oxygen atoms in total. The van der Waals surface area contributed by atoms with E-state index in [0.717, 1.165) is 34.6 Å². The van der Waals surface area contributed by atoms with Gasteiger partial charge in [-0.15, -0.1) is 19.0 Å². The zero-order chi connectivity index (χ0) is 17.8. The van der Waals surface area contributed by atoms with Gasteiger partial charge in [0.05, 0.1) is 12.1 Å². The lowest BCUT2D eigenvalue weighted by atomic mass is 10.2. The molecule has 0 aliphatic rings. The van der Waals surface area contributed by atoms with Crippen molar-refractivity contribution in [2.24, 2.45) is 0 Å². The quantitative estimate of drug-likeness (QED) is 0.532. The SMILES string of the molecule is C=CCn1c(C)c(C)c2nccc(OCc3ccccc3OCC)c21.Cl. The maximum Gasteiger partial charge on any atom is 0.147 e. The number of hydrogen-bond donors (Lipinski definition) is 0. The number of fused-ring (bicyclic) bond motifs is 1. The van der Waals surface area contributed by atoms with Crippen LogP contribution in [-0.4, -0.2) is 16.2 Å². The zero-order valence-corrected chi connectivity index (χ0v) is 16.3. The fraction of sp³-hybridized carbons (Fsp3) is 0.286. The molecule has 3 aromatic rings. The van der Waals surface area contributed by atoms with Crippen LogP contribution in [0.25, 0.3) is 11.0 Å². The van der Waals surface area contributed by atoms with Crippen LogP contribution in [0.4, 0.5) is 0 Å². The Kier molecular flexibility index (Phi) is 6.70. The third-order valence-electron chi connectivity index (χ3n) is 4.43. The summed E-state index contributed by atoms with van der Waals surface area (Å²) < 4.78 is 14.1. The van der Waals surface area contributed by atoms with Crippen molar-refractivity contribution < 1.29 is 9.47 Å². The van der Waals surface area contributed by atoms with E-state index in [2.05, 4.69) is 30.0 Å². The molecule has 5 heteroatoms. The Hall–Kier alpha value is -2.46. The average molecular weight is 373 g/mol. The lowest BCUT2D eigenvalue weighted by Gasteiger charge is -2.13. The predicted octanol–water partition coefficient (Wildman–Crippen LogP) is 5.24. The van der Waals surface area contributed by atoms with Crippen LogP contribution >= 0.6 is 12.4 Å². The van der Waals surface area contributed by atoms with Crippen molar-refractivity contribution in [3.63, 3.8) is 0 Å². The number of hydrogen-bond acceptors (Lipinski definition) is 3. The second-order valence-electron chi connectivity index (χ2n) is 5.95. The van der Waals surface area contributed by atoms with E-state index in [1.54, 1.807) is 6.20 Å². The summed E-state index contributed by atoms with van der Waals surface area (Å²) in [6.45, 7) is 11.9. The monoisotopic (exact) mass is 372 g/mol. The Labute approximate surface area is 160 Å². The third-order valence-corrected chi connectivity index (χ3v) is 4.43. The Morgan fingerprint density at radius 2 is 1.88 bits per heavy atom. The average Bonchev–Trinajstić information content (AvgIpc) is 2.87. The van der Waals surface area contributed by atoms with E-state index in [-0.39, 0.29) is 12.4 Å². The maximum absolute atomic E-state index is 6.17. The highest BCUT2D eigenvalue weighted by Crippen LogP contribution is 2.32. The van der Waals surface area contributed by atoms with Crippen molar-refractivity contribution in [2.45, 2.75) is 33.9 Å². The summed E-state index contributed by atoms with van der Waals surface area (Å²) in [5, 5.41) is 0. The molecule has 0 atom stereocenters. The largest absolute Gasteiger partial charge is 0.493 e. The molecule has 0 saturated carbocycles. The molecule has 0 radical (unpaired) electrons. The second-order valence-corrected chi connectivity index (χ2v) is 5.95. The fourth-order valence-electron chi connectivity index (χ4n) is 3.06. The summed E-state index contributed by atoms with van der Waals surface area (Å²) in [5.41, 5.74) is 5.40. The lowest BCUT2D eigenvalue weighted by molar-refractivity contribution is 0.288. The van der Waals surface area contributed by atoms with Gasteiger partial charge in [0.2, 0.25) is 0 Å². The maximum atomic E-state index is 6.17. The van der Waals surface area contributed by atoms with Crippen molar-refractivity contribution in [2.75, 3.05) is 6.61 Å². The second kappa shape index (κ2) is 8.77. The molecule has 2 aromatic heterocycles. The van der Waals surface area contributed by atoms with Gasteiger partial charge in [0.15, 0.2) is 0 Å². The van der Waals surface area contributed by atoms with Gasteiger partial charge in [0, 0.05) is 30.1 Å². The minimum atomic E-state index is 0. The molecule has 0 aliphatic heterocycles. The van der Waals surface area contributed by atoms with Gasteiger partial charge < -0.3 is 14.0 Å². The van der Waals surface area contributed by atoms with Gasteiger partial charge in [-0.2, -0.15) is 0 Å². The molecule has 0 bridgehead atoms. The summed E-state index contributed by atoms with van der Waals surface area (Å²) >= 11 is 0. The number of aryl methyl sites for hydroxylation is 1. The van der Waals surface area contributed by atoms with Crippen LogP contribution in [0.1, 0.15) is 23.7 Å². The summed E-state index contributed by atoms with van der Waals surface area (Å²) in [7, 11) is 0. The highest BCUT2D eigenvalue weighted by Gasteiger charge is 2.16. The van der Waals surface area contributed by atoms with E-state index in [4.69, 9.17) is 9.47 Å². The van der Waals surface area contributed by atoms with Gasteiger partial charge in [-0.25, -0.2) is 0 Å². The van der Waals surface area contributed by atoms with Crippen molar-refractivity contribution in [3.8, 4) is 11.5 Å². The molecule has 0 unspecified atom stereocenters. The van der Waals surface area contributed by atoms with Crippen molar-refractivity contribution in [1.82, 2.24) is 9.55 Å². The molecule has 0 spiro atoms. The van der Waals surface area contributed by atoms with Crippen molar-refractivity contribution >= 4 is 23.4 Å². The number of nitrogens with zero attached hydrogens (tertiary/aromatic N) is 2. The number of rotatable bonds is 7. The van der Waals surface area contributed by atoms with E-state index in [9.17, 15) is 0 Å². The van der Waals surface area contributed by atoms with Crippen LogP contribution in [0.3, 0.4) is 0 Å². The van der Waals surface area contributed by atoms with Gasteiger partial charge in [-0.1, -0.05) is 24.3 Å². The van der Waals surface area contributed by atoms with E-state index in [1.165, 1.54) is 11.3 Å². The molecule has 2 heterocycles. The van der Waals surface area contributed by atoms with Crippen LogP contribution < -0.4 is 9.47 Å². The summed E-state index contributed by atoms with van der Waals surface area (Å²) in [6.07, 6.45) is 3.70. The standard InChI is InChI=1S/C21H24N2O2.ClH/c1-5-13-23-16(4)15(3)20-21(23)19(11-12-22-20)25-14-17-9-7-8-10-18(17)24-6-2;/h5,7-12H,1,6,13-14H2,2-4H3;1H. The molecule has 3 rings (SSSR count). The summed E-state index contributed by atoms with van der Waals surface area (Å²) in [4.78, 5) is 4.55. The number of ether oxygens (including phenoxy) is 2. The predicted molar refractivity (Wildman–Crippen MR) is 109 cm³/mol. The molecular weight excluding hydrogens is 348 g/mol. The molecule has 0 N–H and O–H groups in total.